The van der Waals surface area contributed by atoms with Crippen molar-refractivity contribution in [2.75, 3.05) is 21.1 Å². The molecule has 1 atom stereocenters. The van der Waals surface area contributed by atoms with Crippen molar-refractivity contribution in [3.8, 4) is 0 Å². The molecule has 2 amide bonds. The Balaban J connectivity index is 5.02. The molecule has 1 unspecified atom stereocenters. The molecule has 104 valence electrons. The predicted molar refractivity (Wildman–Crippen MR) is 72.9 cm³/mol. The Morgan fingerprint density at radius 1 is 1.11 bits per heavy atom. The summed E-state index contributed by atoms with van der Waals surface area (Å²) in [7, 11) is 5.19. The molecule has 5 heteroatoms. The van der Waals surface area contributed by atoms with Crippen LogP contribution in [-0.4, -0.2) is 43.9 Å². The van der Waals surface area contributed by atoms with Gasteiger partial charge in [-0.3, -0.25) is 9.59 Å². The molecule has 2 N–H and O–H groups in total. The van der Waals surface area contributed by atoms with Crippen LogP contribution in [0.3, 0.4) is 0 Å². The average molecular weight is 255 g/mol. The first kappa shape index (κ1) is 16.5. The van der Waals surface area contributed by atoms with Crippen molar-refractivity contribution in [1.29, 1.82) is 0 Å². The molecule has 0 spiro atoms. The van der Waals surface area contributed by atoms with E-state index >= 15 is 0 Å². The zero-order chi connectivity index (χ0) is 14.5. The van der Waals surface area contributed by atoms with Gasteiger partial charge in [-0.2, -0.15) is 0 Å². The van der Waals surface area contributed by atoms with Crippen LogP contribution in [0.5, 0.6) is 0 Å². The van der Waals surface area contributed by atoms with E-state index in [0.29, 0.717) is 5.70 Å². The highest BCUT2D eigenvalue weighted by molar-refractivity contribution is 5.96. The second kappa shape index (κ2) is 7.03. The van der Waals surface area contributed by atoms with Crippen molar-refractivity contribution in [3.63, 3.8) is 0 Å². The van der Waals surface area contributed by atoms with Gasteiger partial charge >= 0.3 is 0 Å². The zero-order valence-electron chi connectivity index (χ0n) is 12.4. The summed E-state index contributed by atoms with van der Waals surface area (Å²) in [5.74, 6) is -0.359. The third kappa shape index (κ3) is 4.39. The third-order valence-corrected chi connectivity index (χ3v) is 2.62. The second-order valence-electron chi connectivity index (χ2n) is 5.05. The Bertz CT molecular complexity index is 342. The summed E-state index contributed by atoms with van der Waals surface area (Å²) in [5, 5.41) is 5.35. The SMILES string of the molecule is CNC(=O)C(NC(=O)C(=C(C)C)N(C)C)C(C)C. The topological polar surface area (TPSA) is 61.4 Å². The highest BCUT2D eigenvalue weighted by Crippen LogP contribution is 2.09. The van der Waals surface area contributed by atoms with Crippen LogP contribution >= 0.6 is 0 Å². The summed E-state index contributed by atoms with van der Waals surface area (Å²) in [6.45, 7) is 7.55. The lowest BCUT2D eigenvalue weighted by Gasteiger charge is -2.24. The van der Waals surface area contributed by atoms with E-state index in [1.54, 1.807) is 11.9 Å². The van der Waals surface area contributed by atoms with Gasteiger partial charge in [0.25, 0.3) is 5.91 Å². The number of nitrogens with zero attached hydrogens (tertiary/aromatic N) is 1. The van der Waals surface area contributed by atoms with Gasteiger partial charge in [0.2, 0.25) is 5.91 Å². The standard InChI is InChI=1S/C13H25N3O2/c1-8(2)10(12(17)14-5)15-13(18)11(9(3)4)16(6)7/h8,10H,1-7H3,(H,14,17)(H,15,18). The number of hydrogen-bond donors (Lipinski definition) is 2. The minimum absolute atomic E-state index is 0.0366. The molecule has 0 radical (unpaired) electrons. The lowest BCUT2D eigenvalue weighted by Crippen LogP contribution is -2.50. The van der Waals surface area contributed by atoms with E-state index in [2.05, 4.69) is 10.6 Å². The lowest BCUT2D eigenvalue weighted by atomic mass is 10.0. The monoisotopic (exact) mass is 255 g/mol. The van der Waals surface area contributed by atoms with Gasteiger partial charge in [0, 0.05) is 21.1 Å². The van der Waals surface area contributed by atoms with Gasteiger partial charge in [-0.15, -0.1) is 0 Å². The first-order valence-electron chi connectivity index (χ1n) is 6.09. The molecule has 0 rings (SSSR count). The molecule has 0 aliphatic rings. The summed E-state index contributed by atoms with van der Waals surface area (Å²) < 4.78 is 0. The maximum atomic E-state index is 12.2. The molecule has 0 aromatic rings. The molecule has 0 aliphatic carbocycles. The van der Waals surface area contributed by atoms with E-state index in [0.717, 1.165) is 5.57 Å². The molecule has 0 aromatic heterocycles. The predicted octanol–water partition coefficient (Wildman–Crippen LogP) is 0.729. The number of likely N-dealkylation sites (N-methyl/N-ethyl adjacent to an activating group) is 2. The summed E-state index contributed by atoms with van der Waals surface area (Å²) in [6, 6.07) is -0.517. The Morgan fingerprint density at radius 3 is 1.89 bits per heavy atom. The first-order chi connectivity index (χ1) is 8.22. The number of hydrogen-bond acceptors (Lipinski definition) is 3. The maximum Gasteiger partial charge on any atom is 0.268 e. The van der Waals surface area contributed by atoms with Crippen LogP contribution in [0.15, 0.2) is 11.3 Å². The van der Waals surface area contributed by atoms with E-state index < -0.39 is 6.04 Å². The summed E-state index contributed by atoms with van der Waals surface area (Å²) in [4.78, 5) is 25.6. The van der Waals surface area contributed by atoms with Crippen molar-refractivity contribution in [3.05, 3.63) is 11.3 Å². The van der Waals surface area contributed by atoms with Crippen LogP contribution < -0.4 is 10.6 Å². The molecule has 0 aliphatic heterocycles. The van der Waals surface area contributed by atoms with E-state index in [-0.39, 0.29) is 17.7 Å². The highest BCUT2D eigenvalue weighted by Gasteiger charge is 2.25. The van der Waals surface area contributed by atoms with E-state index in [1.807, 2.05) is 41.8 Å². The summed E-state index contributed by atoms with van der Waals surface area (Å²) in [6.07, 6.45) is 0. The zero-order valence-corrected chi connectivity index (χ0v) is 12.4. The first-order valence-corrected chi connectivity index (χ1v) is 6.09. The number of amides is 2. The maximum absolute atomic E-state index is 12.2. The fourth-order valence-electron chi connectivity index (χ4n) is 1.78. The van der Waals surface area contributed by atoms with Crippen LogP contribution in [0.1, 0.15) is 27.7 Å². The quantitative estimate of drug-likeness (QED) is 0.712. The van der Waals surface area contributed by atoms with Gasteiger partial charge < -0.3 is 15.5 Å². The van der Waals surface area contributed by atoms with Crippen molar-refractivity contribution in [2.24, 2.45) is 5.92 Å². The number of allylic oxidation sites excluding steroid dienone is 1. The third-order valence-electron chi connectivity index (χ3n) is 2.62. The van der Waals surface area contributed by atoms with Gasteiger partial charge in [-0.25, -0.2) is 0 Å². The van der Waals surface area contributed by atoms with Crippen molar-refractivity contribution < 1.29 is 9.59 Å². The minimum Gasteiger partial charge on any atom is -0.373 e. The van der Waals surface area contributed by atoms with Crippen LogP contribution in [0.2, 0.25) is 0 Å². The van der Waals surface area contributed by atoms with Gasteiger partial charge in [0.1, 0.15) is 11.7 Å². The van der Waals surface area contributed by atoms with Crippen LogP contribution in [-0.2, 0) is 9.59 Å². The van der Waals surface area contributed by atoms with Crippen molar-refractivity contribution in [1.82, 2.24) is 15.5 Å². The second-order valence-corrected chi connectivity index (χ2v) is 5.05. The molecule has 0 saturated heterocycles. The van der Waals surface area contributed by atoms with Gasteiger partial charge in [0.05, 0.1) is 0 Å². The average Bonchev–Trinajstić information content (AvgIpc) is 2.23. The molecule has 0 fully saturated rings. The van der Waals surface area contributed by atoms with E-state index in [1.165, 1.54) is 0 Å². The molecule has 0 aromatic carbocycles. The fraction of sp³-hybridized carbons (Fsp3) is 0.692. The minimum atomic E-state index is -0.517. The number of rotatable bonds is 5. The Kier molecular flexibility index (Phi) is 6.44. The number of carbonyl (C=O) groups is 2. The number of nitrogens with one attached hydrogen (secondary N) is 2. The molecule has 0 heterocycles. The fourth-order valence-corrected chi connectivity index (χ4v) is 1.78. The van der Waals surface area contributed by atoms with Crippen LogP contribution in [0.25, 0.3) is 0 Å². The largest absolute Gasteiger partial charge is 0.373 e. The highest BCUT2D eigenvalue weighted by atomic mass is 16.2. The Morgan fingerprint density at radius 2 is 1.61 bits per heavy atom. The van der Waals surface area contributed by atoms with Gasteiger partial charge in [-0.1, -0.05) is 13.8 Å². The number of carbonyl (C=O) groups excluding carboxylic acids is 2. The van der Waals surface area contributed by atoms with Crippen LogP contribution in [0.4, 0.5) is 0 Å². The molecule has 0 saturated carbocycles. The molecule has 18 heavy (non-hydrogen) atoms. The molecule has 0 bridgehead atoms. The lowest BCUT2D eigenvalue weighted by molar-refractivity contribution is -0.128. The summed E-state index contributed by atoms with van der Waals surface area (Å²) >= 11 is 0. The van der Waals surface area contributed by atoms with Gasteiger partial charge in [0.15, 0.2) is 0 Å². The van der Waals surface area contributed by atoms with Gasteiger partial charge in [-0.05, 0) is 25.3 Å². The molecular weight excluding hydrogens is 230 g/mol. The normalized spacial score (nSPS) is 11.8. The summed E-state index contributed by atoms with van der Waals surface area (Å²) in [5.41, 5.74) is 1.50. The Hall–Kier alpha value is -1.52. The van der Waals surface area contributed by atoms with Crippen LogP contribution in [0, 0.1) is 5.92 Å². The van der Waals surface area contributed by atoms with E-state index in [9.17, 15) is 9.59 Å². The van der Waals surface area contributed by atoms with Crippen molar-refractivity contribution >= 4 is 11.8 Å². The smallest absolute Gasteiger partial charge is 0.268 e. The van der Waals surface area contributed by atoms with E-state index in [4.69, 9.17) is 0 Å². The molecule has 5 nitrogen and oxygen atoms in total. The van der Waals surface area contributed by atoms with Crippen molar-refractivity contribution in [2.45, 2.75) is 33.7 Å². The molecular formula is C13H25N3O2. The Labute approximate surface area is 110 Å².